The molecule has 5 aliphatic rings. The number of allylic oxidation sites excluding steroid dienone is 8. The largest absolute Gasteiger partial charge is 0.334 e. The predicted molar refractivity (Wildman–Crippen MR) is 244 cm³/mol. The van der Waals surface area contributed by atoms with Gasteiger partial charge in [-0.2, -0.15) is 9.97 Å². The van der Waals surface area contributed by atoms with Crippen LogP contribution in [0, 0.1) is 5.41 Å². The number of hydrogen-bond donors (Lipinski definition) is 0. The Hall–Kier alpha value is -6.85. The smallest absolute Gasteiger partial charge is 0.238 e. The Morgan fingerprint density at radius 1 is 0.617 bits per heavy atom. The number of rotatable bonds is 4. The zero-order chi connectivity index (χ0) is 40.3. The van der Waals surface area contributed by atoms with Gasteiger partial charge in [-0.15, -0.1) is 0 Å². The maximum absolute atomic E-state index is 5.48. The topological polar surface area (TPSA) is 46.8 Å². The van der Waals surface area contributed by atoms with E-state index in [-0.39, 0.29) is 10.8 Å². The van der Waals surface area contributed by atoms with Crippen molar-refractivity contribution in [2.75, 3.05) is 4.90 Å². The van der Waals surface area contributed by atoms with Gasteiger partial charge >= 0.3 is 0 Å². The molecule has 1 saturated heterocycles. The van der Waals surface area contributed by atoms with E-state index in [1.165, 1.54) is 50.2 Å². The molecular formula is C55H45N5. The summed E-state index contributed by atoms with van der Waals surface area (Å²) in [5.41, 5.74) is 12.2. The molecule has 3 atom stereocenters. The Labute approximate surface area is 351 Å². The number of hydrogen-bond acceptors (Lipinski definition) is 4. The zero-order valence-electron chi connectivity index (χ0n) is 34.2. The van der Waals surface area contributed by atoms with Crippen LogP contribution < -0.4 is 4.90 Å². The average Bonchev–Trinajstić information content (AvgIpc) is 3.77. The Bertz CT molecular complexity index is 3030. The van der Waals surface area contributed by atoms with Crippen molar-refractivity contribution < 1.29 is 0 Å². The van der Waals surface area contributed by atoms with Crippen LogP contribution in [0.3, 0.4) is 0 Å². The van der Waals surface area contributed by atoms with Crippen molar-refractivity contribution >= 4 is 22.7 Å². The highest BCUT2D eigenvalue weighted by Crippen LogP contribution is 2.72. The third-order valence-electron chi connectivity index (χ3n) is 14.4. The van der Waals surface area contributed by atoms with Gasteiger partial charge in [0, 0.05) is 39.6 Å². The Morgan fingerprint density at radius 3 is 2.02 bits per heavy atom. The summed E-state index contributed by atoms with van der Waals surface area (Å²) in [5, 5.41) is 1.22. The lowest BCUT2D eigenvalue weighted by molar-refractivity contribution is 0.195. The molecule has 60 heavy (non-hydrogen) atoms. The third-order valence-corrected chi connectivity index (χ3v) is 14.4. The number of para-hydroxylation sites is 2. The van der Waals surface area contributed by atoms with Gasteiger partial charge in [-0.1, -0.05) is 159 Å². The van der Waals surface area contributed by atoms with E-state index >= 15 is 0 Å². The minimum absolute atomic E-state index is 0.337. The van der Waals surface area contributed by atoms with Gasteiger partial charge in [0.15, 0.2) is 5.82 Å². The molecule has 0 N–H and O–H groups in total. The van der Waals surface area contributed by atoms with Gasteiger partial charge in [0.25, 0.3) is 0 Å². The lowest BCUT2D eigenvalue weighted by Gasteiger charge is -2.66. The quantitative estimate of drug-likeness (QED) is 0.179. The lowest BCUT2D eigenvalue weighted by Crippen LogP contribution is -2.67. The summed E-state index contributed by atoms with van der Waals surface area (Å²) in [5.74, 6) is 2.09. The van der Waals surface area contributed by atoms with Crippen molar-refractivity contribution in [3.63, 3.8) is 0 Å². The number of nitrogens with zero attached hydrogens (tertiary/aromatic N) is 5. The van der Waals surface area contributed by atoms with E-state index in [0.29, 0.717) is 11.8 Å². The summed E-state index contributed by atoms with van der Waals surface area (Å²) in [6.07, 6.45) is 20.8. The fraction of sp³-hybridized carbons (Fsp3) is 0.182. The van der Waals surface area contributed by atoms with Crippen LogP contribution in [0.2, 0.25) is 0 Å². The highest BCUT2D eigenvalue weighted by molar-refractivity contribution is 5.95. The second-order valence-electron chi connectivity index (χ2n) is 17.8. The van der Waals surface area contributed by atoms with Crippen molar-refractivity contribution in [3.8, 4) is 28.5 Å². The van der Waals surface area contributed by atoms with Crippen molar-refractivity contribution in [1.82, 2.24) is 19.5 Å². The fourth-order valence-electron chi connectivity index (χ4n) is 11.8. The molecule has 1 fully saturated rings. The second-order valence-corrected chi connectivity index (χ2v) is 17.8. The highest BCUT2D eigenvalue weighted by atomic mass is 15.3. The molecule has 5 aromatic carbocycles. The summed E-state index contributed by atoms with van der Waals surface area (Å²) < 4.78 is 2.35. The maximum atomic E-state index is 5.48. The van der Waals surface area contributed by atoms with E-state index in [0.717, 1.165) is 41.9 Å². The van der Waals surface area contributed by atoms with Crippen LogP contribution in [-0.4, -0.2) is 25.1 Å². The molecule has 3 heterocycles. The Morgan fingerprint density at radius 2 is 1.28 bits per heavy atom. The van der Waals surface area contributed by atoms with Crippen LogP contribution in [0.5, 0.6) is 0 Å². The van der Waals surface area contributed by atoms with Crippen LogP contribution in [0.25, 0.3) is 45.4 Å². The molecule has 0 bridgehead atoms. The number of piperidine rings is 1. The molecule has 5 nitrogen and oxygen atoms in total. The number of anilines is 1. The van der Waals surface area contributed by atoms with Gasteiger partial charge in [-0.05, 0) is 90.4 Å². The molecule has 290 valence electrons. The van der Waals surface area contributed by atoms with Crippen LogP contribution in [0.15, 0.2) is 187 Å². The van der Waals surface area contributed by atoms with E-state index < -0.39 is 11.0 Å². The average molecular weight is 776 g/mol. The molecule has 7 aromatic rings. The summed E-state index contributed by atoms with van der Waals surface area (Å²) >= 11 is 0. The van der Waals surface area contributed by atoms with Gasteiger partial charge in [0.2, 0.25) is 5.95 Å². The van der Waals surface area contributed by atoms with E-state index in [4.69, 9.17) is 15.0 Å². The Balaban J connectivity index is 1.21. The zero-order valence-corrected chi connectivity index (χ0v) is 34.2. The lowest BCUT2D eigenvalue weighted by atomic mass is 9.45. The molecule has 2 aromatic heterocycles. The van der Waals surface area contributed by atoms with Crippen LogP contribution in [0.1, 0.15) is 61.8 Å². The molecule has 12 rings (SSSR count). The summed E-state index contributed by atoms with van der Waals surface area (Å²) in [7, 11) is 0. The number of benzene rings is 5. The summed E-state index contributed by atoms with van der Waals surface area (Å²) in [6, 6.07) is 48.7. The first-order valence-corrected chi connectivity index (χ1v) is 21.3. The molecule has 5 heteroatoms. The maximum Gasteiger partial charge on any atom is 0.238 e. The van der Waals surface area contributed by atoms with Crippen LogP contribution in [-0.2, 0) is 17.3 Å². The van der Waals surface area contributed by atoms with E-state index in [1.54, 1.807) is 0 Å². The first-order valence-electron chi connectivity index (χ1n) is 21.3. The SMILES string of the molecule is CC1(c2nc(-c3ccccc3)nc(-n3c4c(c5ccccc53)CC3(C)C(=C4)C4(c5ccccc5-c5ccccc54)C4(C)CC=CC=C4N3c3ccccc3)n2)C=CC=CC1. The Kier molecular flexibility index (Phi) is 7.36. The van der Waals surface area contributed by atoms with Gasteiger partial charge in [-0.3, -0.25) is 4.57 Å². The van der Waals surface area contributed by atoms with Gasteiger partial charge in [0.05, 0.1) is 22.2 Å². The molecule has 3 unspecified atom stereocenters. The number of fused-ring (bicyclic) bond motifs is 12. The third kappa shape index (κ3) is 4.55. The van der Waals surface area contributed by atoms with Crippen molar-refractivity contribution in [1.29, 1.82) is 0 Å². The monoisotopic (exact) mass is 775 g/mol. The minimum Gasteiger partial charge on any atom is -0.334 e. The van der Waals surface area contributed by atoms with Crippen LogP contribution in [0.4, 0.5) is 5.69 Å². The van der Waals surface area contributed by atoms with E-state index in [2.05, 4.69) is 206 Å². The molecule has 0 saturated carbocycles. The van der Waals surface area contributed by atoms with Crippen LogP contribution >= 0.6 is 0 Å². The molecule has 0 radical (unpaired) electrons. The first kappa shape index (κ1) is 35.1. The van der Waals surface area contributed by atoms with Gasteiger partial charge < -0.3 is 4.90 Å². The second kappa shape index (κ2) is 12.6. The molecular weight excluding hydrogens is 731 g/mol. The van der Waals surface area contributed by atoms with E-state index in [9.17, 15) is 0 Å². The molecule has 0 amide bonds. The van der Waals surface area contributed by atoms with E-state index in [1.807, 2.05) is 6.07 Å². The highest BCUT2D eigenvalue weighted by Gasteiger charge is 2.68. The van der Waals surface area contributed by atoms with Crippen molar-refractivity contribution in [2.45, 2.75) is 56.4 Å². The minimum atomic E-state index is -0.484. The predicted octanol–water partition coefficient (Wildman–Crippen LogP) is 12.3. The van der Waals surface area contributed by atoms with Gasteiger partial charge in [-0.25, -0.2) is 4.98 Å². The van der Waals surface area contributed by atoms with Crippen molar-refractivity contribution in [2.24, 2.45) is 5.41 Å². The molecule has 1 aliphatic heterocycles. The van der Waals surface area contributed by atoms with Crippen molar-refractivity contribution in [3.05, 3.63) is 215 Å². The standard InChI is InChI=1S/C55H45N5/c1-52(32-18-6-19-33-52)50-56-49(37-21-7-4-8-22-37)57-51(58-50)59-45-30-16-13-27-41(45)42-36-54(3)47(35-46(42)59)55(43-28-14-11-25-39(43)40-26-12-15-29-44(40)55)53(2)34-20-17-31-48(53)60(54)38-23-9-5-10-24-38/h4-32,35H,33-34,36H2,1-3H3. The molecule has 1 spiro atoms. The first-order chi connectivity index (χ1) is 29.3. The summed E-state index contributed by atoms with van der Waals surface area (Å²) in [4.78, 5) is 18.8. The normalized spacial score (nSPS) is 24.0. The summed E-state index contributed by atoms with van der Waals surface area (Å²) in [6.45, 7) is 7.27. The fourth-order valence-corrected chi connectivity index (χ4v) is 11.8. The molecule has 4 aliphatic carbocycles. The van der Waals surface area contributed by atoms with Gasteiger partial charge in [0.1, 0.15) is 5.82 Å². The number of aromatic nitrogens is 4.